The normalized spacial score (nSPS) is 20.8. The zero-order valence-electron chi connectivity index (χ0n) is 15.8. The van der Waals surface area contributed by atoms with E-state index in [1.807, 2.05) is 13.0 Å². The van der Waals surface area contributed by atoms with Gasteiger partial charge in [-0.3, -0.25) is 4.79 Å². The fourth-order valence-electron chi connectivity index (χ4n) is 3.48. The molecule has 4 rings (SSSR count). The number of carbonyl (C=O) groups is 1. The summed E-state index contributed by atoms with van der Waals surface area (Å²) in [6.07, 6.45) is 1.43. The van der Waals surface area contributed by atoms with Gasteiger partial charge in [-0.15, -0.1) is 0 Å². The number of nitrogens with one attached hydrogen (secondary N) is 2. The van der Waals surface area contributed by atoms with Gasteiger partial charge in [-0.2, -0.15) is 0 Å². The Kier molecular flexibility index (Phi) is 5.43. The highest BCUT2D eigenvalue weighted by Crippen LogP contribution is 2.30. The van der Waals surface area contributed by atoms with Gasteiger partial charge in [-0.05, 0) is 49.1 Å². The number of aromatic nitrogens is 1. The van der Waals surface area contributed by atoms with Crippen LogP contribution in [0.4, 0.5) is 10.1 Å². The molecule has 1 aromatic carbocycles. The summed E-state index contributed by atoms with van der Waals surface area (Å²) in [6.45, 7) is 4.49. The topological polar surface area (TPSA) is 72.5 Å². The monoisotopic (exact) mass is 385 g/mol. The molecule has 0 bridgehead atoms. The van der Waals surface area contributed by atoms with Crippen molar-refractivity contribution < 1.29 is 18.7 Å². The van der Waals surface area contributed by atoms with Crippen LogP contribution >= 0.6 is 0 Å². The Bertz CT molecular complexity index is 851. The summed E-state index contributed by atoms with van der Waals surface area (Å²) in [7, 11) is 0. The number of ether oxygens (including phenoxy) is 2. The first-order valence-electron chi connectivity index (χ1n) is 9.62. The molecular formula is C21H24FN3O3. The van der Waals surface area contributed by atoms with E-state index in [9.17, 15) is 9.18 Å². The molecule has 1 fully saturated rings. The van der Waals surface area contributed by atoms with E-state index in [-0.39, 0.29) is 17.8 Å². The lowest BCUT2D eigenvalue weighted by atomic mass is 10.0. The van der Waals surface area contributed by atoms with Crippen LogP contribution in [0.5, 0.6) is 5.88 Å². The quantitative estimate of drug-likeness (QED) is 0.828. The zero-order chi connectivity index (χ0) is 19.5. The molecule has 0 aliphatic carbocycles. The van der Waals surface area contributed by atoms with Gasteiger partial charge in [0.15, 0.2) is 0 Å². The number of hydrogen-bond acceptors (Lipinski definition) is 5. The van der Waals surface area contributed by atoms with E-state index >= 15 is 0 Å². The number of nitrogens with zero attached hydrogens (tertiary/aromatic N) is 1. The number of fused-ring (bicyclic) bond motifs is 1. The van der Waals surface area contributed by atoms with Crippen LogP contribution in [0.15, 0.2) is 30.3 Å². The lowest BCUT2D eigenvalue weighted by molar-refractivity contribution is 0.0937. The predicted molar refractivity (Wildman–Crippen MR) is 103 cm³/mol. The van der Waals surface area contributed by atoms with E-state index in [4.69, 9.17) is 9.47 Å². The molecule has 2 aliphatic heterocycles. The number of benzene rings is 1. The summed E-state index contributed by atoms with van der Waals surface area (Å²) in [5.41, 5.74) is 2.80. The van der Waals surface area contributed by atoms with Crippen molar-refractivity contribution in [2.75, 3.05) is 31.7 Å². The van der Waals surface area contributed by atoms with Crippen LogP contribution in [0.2, 0.25) is 0 Å². The number of rotatable bonds is 5. The first-order valence-corrected chi connectivity index (χ1v) is 9.62. The molecule has 7 heteroatoms. The van der Waals surface area contributed by atoms with Gasteiger partial charge < -0.3 is 20.1 Å². The summed E-state index contributed by atoms with van der Waals surface area (Å²) in [5, 5.41) is 6.32. The van der Waals surface area contributed by atoms with Crippen molar-refractivity contribution in [3.05, 3.63) is 53.0 Å². The number of hydrogen-bond donors (Lipinski definition) is 2. The van der Waals surface area contributed by atoms with Crippen LogP contribution in [0, 0.1) is 11.7 Å². The molecule has 0 saturated carbocycles. The molecule has 1 amide bonds. The molecule has 0 spiro atoms. The third kappa shape index (κ3) is 4.25. The van der Waals surface area contributed by atoms with Gasteiger partial charge in [0.05, 0.1) is 18.3 Å². The average molecular weight is 385 g/mol. The Morgan fingerprint density at radius 1 is 1.32 bits per heavy atom. The maximum atomic E-state index is 13.2. The minimum Gasteiger partial charge on any atom is -0.474 e. The minimum atomic E-state index is -0.284. The van der Waals surface area contributed by atoms with Crippen LogP contribution in [0.25, 0.3) is 0 Å². The van der Waals surface area contributed by atoms with Gasteiger partial charge in [0.25, 0.3) is 5.91 Å². The molecule has 2 unspecified atom stereocenters. The average Bonchev–Trinajstić information content (AvgIpc) is 3.21. The molecule has 1 aromatic heterocycles. The second-order valence-electron chi connectivity index (χ2n) is 7.45. The van der Waals surface area contributed by atoms with Gasteiger partial charge in [-0.1, -0.05) is 12.1 Å². The Morgan fingerprint density at radius 3 is 2.89 bits per heavy atom. The predicted octanol–water partition coefficient (Wildman–Crippen LogP) is 2.77. The van der Waals surface area contributed by atoms with Crippen molar-refractivity contribution in [1.29, 1.82) is 0 Å². The van der Waals surface area contributed by atoms with Crippen LogP contribution in [-0.4, -0.2) is 43.3 Å². The van der Waals surface area contributed by atoms with Crippen LogP contribution in [0.1, 0.15) is 35.0 Å². The summed E-state index contributed by atoms with van der Waals surface area (Å²) in [6, 6.07) is 8.36. The molecule has 2 aromatic rings. The smallest absolute Gasteiger partial charge is 0.270 e. The van der Waals surface area contributed by atoms with E-state index in [1.54, 1.807) is 12.1 Å². The first-order chi connectivity index (χ1) is 13.6. The van der Waals surface area contributed by atoms with Crippen molar-refractivity contribution in [1.82, 2.24) is 10.3 Å². The molecule has 6 nitrogen and oxygen atoms in total. The highest BCUT2D eigenvalue weighted by molar-refractivity contribution is 5.94. The fourth-order valence-corrected chi connectivity index (χ4v) is 3.48. The van der Waals surface area contributed by atoms with Crippen LogP contribution < -0.4 is 15.4 Å². The van der Waals surface area contributed by atoms with Crippen molar-refractivity contribution in [3.63, 3.8) is 0 Å². The van der Waals surface area contributed by atoms with Gasteiger partial charge in [0.2, 0.25) is 5.88 Å². The van der Waals surface area contributed by atoms with E-state index in [0.29, 0.717) is 43.7 Å². The molecule has 148 valence electrons. The molecule has 1 saturated heterocycles. The molecule has 2 N–H and O–H groups in total. The maximum Gasteiger partial charge on any atom is 0.270 e. The molecule has 2 aliphatic rings. The summed E-state index contributed by atoms with van der Waals surface area (Å²) >= 11 is 0. The SMILES string of the molecule is CC1COc2nc(C(=O)NCC3CCOC3)c(Cc3ccc(F)cc3)cc2N1. The fraction of sp³-hybridized carbons (Fsp3) is 0.429. The molecule has 28 heavy (non-hydrogen) atoms. The van der Waals surface area contributed by atoms with Crippen molar-refractivity contribution in [2.24, 2.45) is 5.92 Å². The minimum absolute atomic E-state index is 0.162. The zero-order valence-corrected chi connectivity index (χ0v) is 15.8. The van der Waals surface area contributed by atoms with E-state index in [1.165, 1.54) is 12.1 Å². The molecule has 2 atom stereocenters. The van der Waals surface area contributed by atoms with Crippen molar-refractivity contribution in [2.45, 2.75) is 25.8 Å². The third-order valence-electron chi connectivity index (χ3n) is 5.04. The second kappa shape index (κ2) is 8.14. The maximum absolute atomic E-state index is 13.2. The Labute approximate surface area is 163 Å². The molecule has 0 radical (unpaired) electrons. The first kappa shape index (κ1) is 18.7. The Morgan fingerprint density at radius 2 is 2.14 bits per heavy atom. The number of pyridine rings is 1. The lowest BCUT2D eigenvalue weighted by Gasteiger charge is -2.25. The van der Waals surface area contributed by atoms with Crippen LogP contribution in [-0.2, 0) is 11.2 Å². The Hall–Kier alpha value is -2.67. The summed E-state index contributed by atoms with van der Waals surface area (Å²) in [5.74, 6) is 0.262. The van der Waals surface area contributed by atoms with E-state index < -0.39 is 0 Å². The largest absolute Gasteiger partial charge is 0.474 e. The number of anilines is 1. The highest BCUT2D eigenvalue weighted by Gasteiger charge is 2.24. The summed E-state index contributed by atoms with van der Waals surface area (Å²) < 4.78 is 24.3. The van der Waals surface area contributed by atoms with E-state index in [2.05, 4.69) is 15.6 Å². The van der Waals surface area contributed by atoms with E-state index in [0.717, 1.165) is 29.8 Å². The highest BCUT2D eigenvalue weighted by atomic mass is 19.1. The number of amides is 1. The number of carbonyl (C=O) groups excluding carboxylic acids is 1. The second-order valence-corrected chi connectivity index (χ2v) is 7.45. The van der Waals surface area contributed by atoms with Gasteiger partial charge in [-0.25, -0.2) is 9.37 Å². The number of halogens is 1. The molecular weight excluding hydrogens is 361 g/mol. The third-order valence-corrected chi connectivity index (χ3v) is 5.04. The van der Waals surface area contributed by atoms with Crippen LogP contribution in [0.3, 0.4) is 0 Å². The summed E-state index contributed by atoms with van der Waals surface area (Å²) in [4.78, 5) is 17.4. The van der Waals surface area contributed by atoms with Crippen molar-refractivity contribution >= 4 is 11.6 Å². The molecule has 3 heterocycles. The van der Waals surface area contributed by atoms with Crippen molar-refractivity contribution in [3.8, 4) is 5.88 Å². The van der Waals surface area contributed by atoms with Gasteiger partial charge in [0, 0.05) is 19.1 Å². The lowest BCUT2D eigenvalue weighted by Crippen LogP contribution is -2.33. The van der Waals surface area contributed by atoms with Gasteiger partial charge >= 0.3 is 0 Å². The van der Waals surface area contributed by atoms with Gasteiger partial charge in [0.1, 0.15) is 18.1 Å². The Balaban J connectivity index is 1.60. The standard InChI is InChI=1S/C21H24FN3O3/c1-13-11-28-21-18(24-13)9-16(8-14-2-4-17(22)5-3-14)19(25-21)20(26)23-10-15-6-7-27-12-15/h2-5,9,13,15,24H,6-8,10-12H2,1H3,(H,23,26).